The number of nitrogens with zero attached hydrogens (tertiary/aromatic N) is 1. The van der Waals surface area contributed by atoms with Gasteiger partial charge in [0.15, 0.2) is 0 Å². The lowest BCUT2D eigenvalue weighted by Gasteiger charge is -2.07. The zero-order valence-corrected chi connectivity index (χ0v) is 6.89. The third-order valence-electron chi connectivity index (χ3n) is 2.36. The van der Waals surface area contributed by atoms with Gasteiger partial charge in [0, 0.05) is 12.0 Å². The Hall–Kier alpha value is -0.790. The fraction of sp³-hybridized carbons (Fsp3) is 0.667. The molecule has 0 aliphatic heterocycles. The third-order valence-corrected chi connectivity index (χ3v) is 2.36. The molecule has 0 bridgehead atoms. The van der Waals surface area contributed by atoms with Gasteiger partial charge in [-0.2, -0.15) is 0 Å². The lowest BCUT2D eigenvalue weighted by atomic mass is 9.96. The van der Waals surface area contributed by atoms with Crippen molar-refractivity contribution in [2.45, 2.75) is 39.0 Å². The van der Waals surface area contributed by atoms with Crippen LogP contribution in [-0.2, 0) is 19.3 Å². The molecule has 2 rings (SSSR count). The maximum Gasteiger partial charge on any atom is 0.139 e. The molecule has 0 atom stereocenters. The summed E-state index contributed by atoms with van der Waals surface area (Å²) in [5, 5.41) is 4.05. The molecular formula is C9H13NO. The molecule has 1 aromatic heterocycles. The lowest BCUT2D eigenvalue weighted by molar-refractivity contribution is 0.380. The molecule has 0 spiro atoms. The van der Waals surface area contributed by atoms with Crippen LogP contribution in [0.2, 0.25) is 0 Å². The van der Waals surface area contributed by atoms with E-state index in [-0.39, 0.29) is 0 Å². The Morgan fingerprint density at radius 1 is 1.36 bits per heavy atom. The van der Waals surface area contributed by atoms with E-state index >= 15 is 0 Å². The van der Waals surface area contributed by atoms with Gasteiger partial charge >= 0.3 is 0 Å². The van der Waals surface area contributed by atoms with Crippen LogP contribution in [-0.4, -0.2) is 5.16 Å². The summed E-state index contributed by atoms with van der Waals surface area (Å²) >= 11 is 0. The van der Waals surface area contributed by atoms with Crippen LogP contribution in [0.5, 0.6) is 0 Å². The number of rotatable bonds is 1. The van der Waals surface area contributed by atoms with E-state index in [4.69, 9.17) is 4.52 Å². The Bertz CT molecular complexity index is 239. The Labute approximate surface area is 66.6 Å². The quantitative estimate of drug-likeness (QED) is 0.614. The van der Waals surface area contributed by atoms with Crippen molar-refractivity contribution in [1.82, 2.24) is 5.16 Å². The second kappa shape index (κ2) is 2.68. The Kier molecular flexibility index (Phi) is 1.68. The van der Waals surface area contributed by atoms with Crippen LogP contribution < -0.4 is 0 Å². The zero-order valence-electron chi connectivity index (χ0n) is 6.89. The zero-order chi connectivity index (χ0) is 7.68. The number of aryl methyl sites for hydroxylation is 2. The normalized spacial score (nSPS) is 16.5. The molecule has 1 aliphatic carbocycles. The van der Waals surface area contributed by atoms with Crippen LogP contribution >= 0.6 is 0 Å². The molecule has 0 unspecified atom stereocenters. The molecule has 0 saturated carbocycles. The minimum atomic E-state index is 0.988. The minimum Gasteiger partial charge on any atom is -0.361 e. The first-order valence-electron chi connectivity index (χ1n) is 4.38. The number of hydrogen-bond donors (Lipinski definition) is 0. The van der Waals surface area contributed by atoms with Crippen LogP contribution in [0.3, 0.4) is 0 Å². The van der Waals surface area contributed by atoms with Crippen LogP contribution in [0.25, 0.3) is 0 Å². The summed E-state index contributed by atoms with van der Waals surface area (Å²) in [5.41, 5.74) is 2.62. The first-order chi connectivity index (χ1) is 5.42. The molecule has 60 valence electrons. The molecular weight excluding hydrogens is 138 g/mol. The van der Waals surface area contributed by atoms with Gasteiger partial charge in [-0.1, -0.05) is 12.1 Å². The van der Waals surface area contributed by atoms with E-state index in [1.165, 1.54) is 30.5 Å². The summed E-state index contributed by atoms with van der Waals surface area (Å²) in [6.07, 6.45) is 5.88. The molecule has 0 amide bonds. The van der Waals surface area contributed by atoms with Crippen molar-refractivity contribution < 1.29 is 4.52 Å². The average Bonchev–Trinajstić information content (AvgIpc) is 2.47. The molecule has 0 radical (unpaired) electrons. The SMILES string of the molecule is CCc1onc2c1CCCC2. The predicted octanol–water partition coefficient (Wildman–Crippen LogP) is 2.12. The van der Waals surface area contributed by atoms with Crippen molar-refractivity contribution in [1.29, 1.82) is 0 Å². The van der Waals surface area contributed by atoms with Gasteiger partial charge in [-0.25, -0.2) is 0 Å². The Morgan fingerprint density at radius 3 is 3.00 bits per heavy atom. The lowest BCUT2D eigenvalue weighted by Crippen LogP contribution is -2.01. The third kappa shape index (κ3) is 1.06. The van der Waals surface area contributed by atoms with Gasteiger partial charge in [-0.05, 0) is 25.7 Å². The highest BCUT2D eigenvalue weighted by atomic mass is 16.5. The van der Waals surface area contributed by atoms with E-state index in [9.17, 15) is 0 Å². The monoisotopic (exact) mass is 151 g/mol. The van der Waals surface area contributed by atoms with Crippen molar-refractivity contribution in [2.24, 2.45) is 0 Å². The largest absolute Gasteiger partial charge is 0.361 e. The Balaban J connectivity index is 2.38. The van der Waals surface area contributed by atoms with Gasteiger partial charge < -0.3 is 4.52 Å². The molecule has 2 nitrogen and oxygen atoms in total. The molecule has 11 heavy (non-hydrogen) atoms. The van der Waals surface area contributed by atoms with Crippen LogP contribution in [0.4, 0.5) is 0 Å². The number of aromatic nitrogens is 1. The summed E-state index contributed by atoms with van der Waals surface area (Å²) in [5.74, 6) is 1.11. The molecule has 1 aliphatic rings. The standard InChI is InChI=1S/C9H13NO/c1-2-9-7-5-3-4-6-8(7)10-11-9/h2-6H2,1H3. The van der Waals surface area contributed by atoms with Gasteiger partial charge in [-0.3, -0.25) is 0 Å². The smallest absolute Gasteiger partial charge is 0.139 e. The van der Waals surface area contributed by atoms with E-state index in [1.54, 1.807) is 0 Å². The maximum absolute atomic E-state index is 5.22. The molecule has 0 N–H and O–H groups in total. The van der Waals surface area contributed by atoms with Crippen molar-refractivity contribution in [3.05, 3.63) is 17.0 Å². The van der Waals surface area contributed by atoms with Crippen LogP contribution in [0.1, 0.15) is 36.8 Å². The predicted molar refractivity (Wildman–Crippen MR) is 42.5 cm³/mol. The summed E-state index contributed by atoms with van der Waals surface area (Å²) in [4.78, 5) is 0. The fourth-order valence-electron chi connectivity index (χ4n) is 1.73. The van der Waals surface area contributed by atoms with Crippen molar-refractivity contribution in [2.75, 3.05) is 0 Å². The average molecular weight is 151 g/mol. The fourth-order valence-corrected chi connectivity index (χ4v) is 1.73. The van der Waals surface area contributed by atoms with E-state index in [0.717, 1.165) is 18.6 Å². The molecule has 0 saturated heterocycles. The van der Waals surface area contributed by atoms with E-state index in [1.807, 2.05) is 0 Å². The second-order valence-corrected chi connectivity index (χ2v) is 3.09. The first kappa shape index (κ1) is 6.89. The van der Waals surface area contributed by atoms with E-state index < -0.39 is 0 Å². The second-order valence-electron chi connectivity index (χ2n) is 3.09. The summed E-state index contributed by atoms with van der Waals surface area (Å²) < 4.78 is 5.22. The van der Waals surface area contributed by atoms with Gasteiger partial charge in [0.1, 0.15) is 5.76 Å². The van der Waals surface area contributed by atoms with Gasteiger partial charge in [-0.15, -0.1) is 0 Å². The number of fused-ring (bicyclic) bond motifs is 1. The van der Waals surface area contributed by atoms with Crippen molar-refractivity contribution >= 4 is 0 Å². The minimum absolute atomic E-state index is 0.988. The van der Waals surface area contributed by atoms with E-state index in [0.29, 0.717) is 0 Å². The molecule has 1 heterocycles. The van der Waals surface area contributed by atoms with Crippen molar-refractivity contribution in [3.8, 4) is 0 Å². The Morgan fingerprint density at radius 2 is 2.18 bits per heavy atom. The molecule has 0 aromatic carbocycles. The molecule has 0 fully saturated rings. The first-order valence-corrected chi connectivity index (χ1v) is 4.38. The number of hydrogen-bond acceptors (Lipinski definition) is 2. The maximum atomic E-state index is 5.22. The summed E-state index contributed by atoms with van der Waals surface area (Å²) in [7, 11) is 0. The van der Waals surface area contributed by atoms with Gasteiger partial charge in [0.05, 0.1) is 5.69 Å². The van der Waals surface area contributed by atoms with Crippen molar-refractivity contribution in [3.63, 3.8) is 0 Å². The van der Waals surface area contributed by atoms with Gasteiger partial charge in [0.2, 0.25) is 0 Å². The van der Waals surface area contributed by atoms with Crippen LogP contribution in [0.15, 0.2) is 4.52 Å². The molecule has 1 aromatic rings. The van der Waals surface area contributed by atoms with Crippen LogP contribution in [0, 0.1) is 0 Å². The summed E-state index contributed by atoms with van der Waals surface area (Å²) in [6.45, 7) is 2.12. The summed E-state index contributed by atoms with van der Waals surface area (Å²) in [6, 6.07) is 0. The highest BCUT2D eigenvalue weighted by molar-refractivity contribution is 5.25. The van der Waals surface area contributed by atoms with E-state index in [2.05, 4.69) is 12.1 Å². The topological polar surface area (TPSA) is 26.0 Å². The van der Waals surface area contributed by atoms with Gasteiger partial charge in [0.25, 0.3) is 0 Å². The highest BCUT2D eigenvalue weighted by Gasteiger charge is 2.17. The molecule has 2 heteroatoms. The highest BCUT2D eigenvalue weighted by Crippen LogP contribution is 2.23.